The Balaban J connectivity index is 1.51. The van der Waals surface area contributed by atoms with Crippen molar-refractivity contribution in [2.24, 2.45) is 0 Å². The number of carbonyl (C=O) groups excluding carboxylic acids is 1. The van der Waals surface area contributed by atoms with E-state index in [1.54, 1.807) is 30.1 Å². The second-order valence-corrected chi connectivity index (χ2v) is 9.86. The van der Waals surface area contributed by atoms with Gasteiger partial charge >= 0.3 is 5.97 Å². The Morgan fingerprint density at radius 2 is 1.91 bits per heavy atom. The fourth-order valence-corrected chi connectivity index (χ4v) is 5.12. The average Bonchev–Trinajstić information content (AvgIpc) is 3.40. The van der Waals surface area contributed by atoms with Crippen LogP contribution in [0.1, 0.15) is 27.7 Å². The number of aryl methyl sites for hydroxylation is 1. The number of nitrogens with zero attached hydrogens (tertiary/aromatic N) is 3. The third-order valence-electron chi connectivity index (χ3n) is 4.94. The first-order valence-electron chi connectivity index (χ1n) is 10.6. The first-order chi connectivity index (χ1) is 16.9. The molecule has 0 saturated heterocycles. The number of thiocarbonyl (C=S) groups is 1. The summed E-state index contributed by atoms with van der Waals surface area (Å²) < 4.78 is 6.99. The number of nitrogens with one attached hydrogen (secondary N) is 2. The Labute approximate surface area is 222 Å². The van der Waals surface area contributed by atoms with E-state index in [0.717, 1.165) is 21.6 Å². The van der Waals surface area contributed by atoms with Crippen molar-refractivity contribution in [3.63, 3.8) is 0 Å². The normalized spacial score (nSPS) is 10.7. The molecule has 0 atom stereocenters. The van der Waals surface area contributed by atoms with E-state index in [1.165, 1.54) is 11.3 Å². The molecule has 11 heteroatoms. The summed E-state index contributed by atoms with van der Waals surface area (Å²) in [6.07, 6.45) is 1.58. The molecule has 4 rings (SSSR count). The molecule has 4 aromatic rings. The fourth-order valence-electron chi connectivity index (χ4n) is 3.47. The molecule has 0 radical (unpaired) electrons. The SMILES string of the molecule is CCOC(=O)c1c(NC(=S)Nc2ncn(Cc3ccc(Cl)c(Cl)c3)n2)sc(C)c1-c1ccccc1. The van der Waals surface area contributed by atoms with Crippen LogP contribution in [-0.2, 0) is 11.3 Å². The maximum atomic E-state index is 12.9. The van der Waals surface area contributed by atoms with Crippen molar-refractivity contribution in [2.75, 3.05) is 17.2 Å². The van der Waals surface area contributed by atoms with E-state index < -0.39 is 5.97 Å². The van der Waals surface area contributed by atoms with Crippen molar-refractivity contribution >= 4 is 68.8 Å². The van der Waals surface area contributed by atoms with Gasteiger partial charge in [0.25, 0.3) is 0 Å². The zero-order valence-electron chi connectivity index (χ0n) is 18.8. The Morgan fingerprint density at radius 3 is 2.63 bits per heavy atom. The number of esters is 1. The lowest BCUT2D eigenvalue weighted by atomic mass is 10.0. The van der Waals surface area contributed by atoms with Crippen LogP contribution in [0.25, 0.3) is 11.1 Å². The summed E-state index contributed by atoms with van der Waals surface area (Å²) >= 11 is 19.0. The van der Waals surface area contributed by atoms with Crippen molar-refractivity contribution in [2.45, 2.75) is 20.4 Å². The Morgan fingerprint density at radius 1 is 1.14 bits per heavy atom. The summed E-state index contributed by atoms with van der Waals surface area (Å²) in [4.78, 5) is 18.1. The van der Waals surface area contributed by atoms with Crippen molar-refractivity contribution < 1.29 is 9.53 Å². The van der Waals surface area contributed by atoms with Gasteiger partial charge in [-0.3, -0.25) is 5.32 Å². The molecule has 0 amide bonds. The molecule has 2 heterocycles. The number of hydrogen-bond donors (Lipinski definition) is 2. The minimum Gasteiger partial charge on any atom is -0.462 e. The molecular weight excluding hydrogens is 525 g/mol. The van der Waals surface area contributed by atoms with Crippen LogP contribution in [0, 0.1) is 6.92 Å². The van der Waals surface area contributed by atoms with Crippen LogP contribution >= 0.6 is 46.8 Å². The summed E-state index contributed by atoms with van der Waals surface area (Å²) in [7, 11) is 0. The van der Waals surface area contributed by atoms with Gasteiger partial charge in [0.1, 0.15) is 16.9 Å². The molecule has 0 unspecified atom stereocenters. The van der Waals surface area contributed by atoms with E-state index in [-0.39, 0.29) is 11.7 Å². The summed E-state index contributed by atoms with van der Waals surface area (Å²) in [5.74, 6) is -0.0955. The molecule has 0 spiro atoms. The van der Waals surface area contributed by atoms with Crippen LogP contribution in [0.3, 0.4) is 0 Å². The third-order valence-corrected chi connectivity index (χ3v) is 6.91. The van der Waals surface area contributed by atoms with Crippen molar-refractivity contribution in [3.05, 3.63) is 80.9 Å². The van der Waals surface area contributed by atoms with Gasteiger partial charge in [0, 0.05) is 10.4 Å². The zero-order valence-corrected chi connectivity index (χ0v) is 22.0. The zero-order chi connectivity index (χ0) is 24.9. The second kappa shape index (κ2) is 11.2. The molecule has 180 valence electrons. The highest BCUT2D eigenvalue weighted by Crippen LogP contribution is 2.40. The molecule has 0 fully saturated rings. The minimum atomic E-state index is -0.412. The van der Waals surface area contributed by atoms with E-state index in [1.807, 2.05) is 43.3 Å². The van der Waals surface area contributed by atoms with Gasteiger partial charge in [-0.15, -0.1) is 16.4 Å². The number of halogens is 2. The largest absolute Gasteiger partial charge is 0.462 e. The van der Waals surface area contributed by atoms with Gasteiger partial charge in [0.05, 0.1) is 23.2 Å². The Hall–Kier alpha value is -2.98. The van der Waals surface area contributed by atoms with Crippen LogP contribution in [0.15, 0.2) is 54.9 Å². The number of aromatic nitrogens is 3. The number of anilines is 2. The van der Waals surface area contributed by atoms with E-state index in [0.29, 0.717) is 33.1 Å². The first kappa shape index (κ1) is 25.1. The van der Waals surface area contributed by atoms with Gasteiger partial charge in [0.2, 0.25) is 5.95 Å². The van der Waals surface area contributed by atoms with E-state index in [9.17, 15) is 4.79 Å². The predicted octanol–water partition coefficient (Wildman–Crippen LogP) is 6.66. The van der Waals surface area contributed by atoms with Crippen molar-refractivity contribution in [1.82, 2.24) is 14.8 Å². The summed E-state index contributed by atoms with van der Waals surface area (Å²) in [5, 5.41) is 12.3. The Bertz CT molecular complexity index is 1370. The lowest BCUT2D eigenvalue weighted by Gasteiger charge is -2.10. The standard InChI is InChI=1S/C24H21Cl2N5O2S2/c1-3-33-22(32)20-19(16-7-5-4-6-8-16)14(2)35-21(20)28-24(34)29-23-27-13-31(30-23)12-15-9-10-17(25)18(26)11-15/h4-11,13H,3,12H2,1-2H3,(H2,28,29,30,34). The summed E-state index contributed by atoms with van der Waals surface area (Å²) in [6.45, 7) is 4.47. The number of thiophene rings is 1. The average molecular weight is 547 g/mol. The topological polar surface area (TPSA) is 81.1 Å². The number of rotatable bonds is 7. The molecule has 0 aliphatic rings. The van der Waals surface area contributed by atoms with Crippen LogP contribution in [0.5, 0.6) is 0 Å². The lowest BCUT2D eigenvalue weighted by molar-refractivity contribution is 0.0529. The van der Waals surface area contributed by atoms with Crippen molar-refractivity contribution in [3.8, 4) is 11.1 Å². The third kappa shape index (κ3) is 5.99. The molecule has 0 saturated carbocycles. The quantitative estimate of drug-likeness (QED) is 0.198. The van der Waals surface area contributed by atoms with Crippen LogP contribution in [0.2, 0.25) is 10.0 Å². The highest BCUT2D eigenvalue weighted by atomic mass is 35.5. The molecular formula is C24H21Cl2N5O2S2. The van der Waals surface area contributed by atoms with Gasteiger partial charge in [-0.1, -0.05) is 59.6 Å². The summed E-state index contributed by atoms with van der Waals surface area (Å²) in [5.41, 5.74) is 3.13. The number of ether oxygens (including phenoxy) is 1. The van der Waals surface area contributed by atoms with E-state index in [4.69, 9.17) is 40.2 Å². The highest BCUT2D eigenvalue weighted by molar-refractivity contribution is 7.80. The van der Waals surface area contributed by atoms with Gasteiger partial charge < -0.3 is 10.1 Å². The van der Waals surface area contributed by atoms with Crippen molar-refractivity contribution in [1.29, 1.82) is 0 Å². The lowest BCUT2D eigenvalue weighted by Crippen LogP contribution is -2.21. The van der Waals surface area contributed by atoms with Gasteiger partial charge in [-0.2, -0.15) is 0 Å². The number of hydrogen-bond acceptors (Lipinski definition) is 6. The van der Waals surface area contributed by atoms with Crippen LogP contribution in [0.4, 0.5) is 10.9 Å². The molecule has 2 aromatic heterocycles. The first-order valence-corrected chi connectivity index (χ1v) is 12.6. The molecule has 35 heavy (non-hydrogen) atoms. The van der Waals surface area contributed by atoms with Gasteiger partial charge in [-0.05, 0) is 49.3 Å². The van der Waals surface area contributed by atoms with E-state index >= 15 is 0 Å². The second-order valence-electron chi connectivity index (χ2n) is 7.42. The van der Waals surface area contributed by atoms with Crippen LogP contribution < -0.4 is 10.6 Å². The highest BCUT2D eigenvalue weighted by Gasteiger charge is 2.25. The molecule has 0 aliphatic carbocycles. The molecule has 7 nitrogen and oxygen atoms in total. The minimum absolute atomic E-state index is 0.253. The summed E-state index contributed by atoms with van der Waals surface area (Å²) in [6, 6.07) is 15.1. The maximum absolute atomic E-state index is 12.9. The molecule has 0 aliphatic heterocycles. The maximum Gasteiger partial charge on any atom is 0.341 e. The van der Waals surface area contributed by atoms with Gasteiger partial charge in [0.15, 0.2) is 5.11 Å². The molecule has 0 bridgehead atoms. The number of carbonyl (C=O) groups is 1. The van der Waals surface area contributed by atoms with E-state index in [2.05, 4.69) is 20.7 Å². The van der Waals surface area contributed by atoms with Gasteiger partial charge in [-0.25, -0.2) is 14.5 Å². The van der Waals surface area contributed by atoms with Crippen LogP contribution in [-0.4, -0.2) is 32.5 Å². The fraction of sp³-hybridized carbons (Fsp3) is 0.167. The number of benzene rings is 2. The predicted molar refractivity (Wildman–Crippen MR) is 146 cm³/mol. The molecule has 2 aromatic carbocycles. The Kier molecular flexibility index (Phi) is 8.02. The smallest absolute Gasteiger partial charge is 0.341 e. The molecule has 2 N–H and O–H groups in total. The monoisotopic (exact) mass is 545 g/mol.